The van der Waals surface area contributed by atoms with Gasteiger partial charge in [0.1, 0.15) is 0 Å². The Bertz CT molecular complexity index is 909. The Morgan fingerprint density at radius 2 is 2.00 bits per heavy atom. The van der Waals surface area contributed by atoms with Crippen molar-refractivity contribution < 1.29 is 4.79 Å². The fourth-order valence-corrected chi connectivity index (χ4v) is 4.34. The van der Waals surface area contributed by atoms with Crippen LogP contribution in [0.1, 0.15) is 50.8 Å². The van der Waals surface area contributed by atoms with E-state index in [1.54, 1.807) is 0 Å². The third-order valence-corrected chi connectivity index (χ3v) is 6.37. The van der Waals surface area contributed by atoms with E-state index in [1.807, 2.05) is 35.2 Å². The minimum atomic E-state index is -0.0188. The number of benzene rings is 2. The largest absolute Gasteiger partial charge is 0.325 e. The van der Waals surface area contributed by atoms with Gasteiger partial charge in [0.2, 0.25) is 0 Å². The minimum Gasteiger partial charge on any atom is -0.313 e. The monoisotopic (exact) mass is 439 g/mol. The lowest BCUT2D eigenvalue weighted by Crippen LogP contribution is -2.41. The molecule has 4 nitrogen and oxygen atoms in total. The van der Waals surface area contributed by atoms with Crippen molar-refractivity contribution >= 4 is 23.3 Å². The molecule has 1 fully saturated rings. The van der Waals surface area contributed by atoms with Crippen molar-refractivity contribution in [3.8, 4) is 0 Å². The zero-order chi connectivity index (χ0) is 22.4. The SMILES string of the molecule is C/C=C(\C)CNCCC(CC)N1C(=O)N(c2ccc(C)cc2)CC1c1cccc(Cl)c1. The van der Waals surface area contributed by atoms with Crippen molar-refractivity contribution in [1.82, 2.24) is 10.2 Å². The quantitative estimate of drug-likeness (QED) is 0.364. The predicted molar refractivity (Wildman–Crippen MR) is 131 cm³/mol. The lowest BCUT2D eigenvalue weighted by atomic mass is 10.0. The number of hydrogen-bond donors (Lipinski definition) is 1. The van der Waals surface area contributed by atoms with Gasteiger partial charge in [-0.05, 0) is 70.0 Å². The van der Waals surface area contributed by atoms with Gasteiger partial charge < -0.3 is 10.2 Å². The number of allylic oxidation sites excluding steroid dienone is 1. The second kappa shape index (κ2) is 10.8. The molecule has 0 radical (unpaired) electrons. The molecule has 0 spiro atoms. The summed E-state index contributed by atoms with van der Waals surface area (Å²) in [6.45, 7) is 10.8. The average Bonchev–Trinajstić information content (AvgIpc) is 3.11. The summed E-state index contributed by atoms with van der Waals surface area (Å²) in [5.74, 6) is 0. The van der Waals surface area contributed by atoms with Crippen LogP contribution in [-0.2, 0) is 0 Å². The van der Waals surface area contributed by atoms with Crippen LogP contribution in [0.25, 0.3) is 0 Å². The zero-order valence-electron chi connectivity index (χ0n) is 19.1. The van der Waals surface area contributed by atoms with E-state index < -0.39 is 0 Å². The zero-order valence-corrected chi connectivity index (χ0v) is 19.8. The van der Waals surface area contributed by atoms with Crippen molar-refractivity contribution in [2.75, 3.05) is 24.5 Å². The number of urea groups is 1. The number of carbonyl (C=O) groups is 1. The van der Waals surface area contributed by atoms with Gasteiger partial charge in [0.15, 0.2) is 0 Å². The summed E-state index contributed by atoms with van der Waals surface area (Å²) in [4.78, 5) is 17.6. The molecule has 2 aromatic carbocycles. The Kier molecular flexibility index (Phi) is 8.16. The molecule has 0 bridgehead atoms. The first kappa shape index (κ1) is 23.4. The second-order valence-electron chi connectivity index (χ2n) is 8.37. The fraction of sp³-hybridized carbons (Fsp3) is 0.423. The summed E-state index contributed by atoms with van der Waals surface area (Å²) < 4.78 is 0. The van der Waals surface area contributed by atoms with Crippen LogP contribution in [0, 0.1) is 6.92 Å². The Hall–Kier alpha value is -2.30. The lowest BCUT2D eigenvalue weighted by molar-refractivity contribution is 0.169. The highest BCUT2D eigenvalue weighted by Gasteiger charge is 2.42. The number of hydrogen-bond acceptors (Lipinski definition) is 2. The van der Waals surface area contributed by atoms with E-state index in [9.17, 15) is 4.79 Å². The smallest absolute Gasteiger partial charge is 0.313 e. The number of aryl methyl sites for hydroxylation is 1. The molecule has 166 valence electrons. The minimum absolute atomic E-state index is 0.0188. The number of nitrogens with one attached hydrogen (secondary N) is 1. The number of nitrogens with zero attached hydrogens (tertiary/aromatic N) is 2. The molecule has 1 saturated heterocycles. The molecule has 2 unspecified atom stereocenters. The number of rotatable bonds is 9. The van der Waals surface area contributed by atoms with Crippen LogP contribution in [0.15, 0.2) is 60.2 Å². The Balaban J connectivity index is 1.85. The molecule has 2 aromatic rings. The Morgan fingerprint density at radius 1 is 1.26 bits per heavy atom. The van der Waals surface area contributed by atoms with Crippen LogP contribution in [0.3, 0.4) is 0 Å². The molecule has 0 aromatic heterocycles. The molecule has 1 heterocycles. The third-order valence-electron chi connectivity index (χ3n) is 6.14. The van der Waals surface area contributed by atoms with E-state index in [0.29, 0.717) is 11.6 Å². The van der Waals surface area contributed by atoms with Crippen molar-refractivity contribution in [2.45, 2.75) is 52.6 Å². The summed E-state index contributed by atoms with van der Waals surface area (Å²) >= 11 is 6.31. The molecule has 2 atom stereocenters. The van der Waals surface area contributed by atoms with Gasteiger partial charge in [0, 0.05) is 23.3 Å². The summed E-state index contributed by atoms with van der Waals surface area (Å²) in [6.07, 6.45) is 3.95. The first-order valence-corrected chi connectivity index (χ1v) is 11.6. The molecule has 1 aliphatic rings. The predicted octanol–water partition coefficient (Wildman–Crippen LogP) is 6.36. The lowest BCUT2D eigenvalue weighted by Gasteiger charge is -2.32. The van der Waals surface area contributed by atoms with Crippen LogP contribution in [0.2, 0.25) is 5.02 Å². The summed E-state index contributed by atoms with van der Waals surface area (Å²) in [5.41, 5.74) is 4.55. The van der Waals surface area contributed by atoms with Gasteiger partial charge in [-0.1, -0.05) is 60.0 Å². The number of anilines is 1. The summed E-state index contributed by atoms with van der Waals surface area (Å²) in [7, 11) is 0. The van der Waals surface area contributed by atoms with Crippen molar-refractivity contribution in [2.24, 2.45) is 0 Å². The number of carbonyl (C=O) groups excluding carboxylic acids is 1. The van der Waals surface area contributed by atoms with Crippen LogP contribution < -0.4 is 10.2 Å². The third kappa shape index (κ3) is 5.69. The molecule has 2 amide bonds. The molecule has 0 saturated carbocycles. The van der Waals surface area contributed by atoms with E-state index in [4.69, 9.17) is 11.6 Å². The Labute approximate surface area is 191 Å². The van der Waals surface area contributed by atoms with E-state index in [-0.39, 0.29) is 18.1 Å². The van der Waals surface area contributed by atoms with E-state index in [2.05, 4.69) is 62.2 Å². The topological polar surface area (TPSA) is 35.6 Å². The first-order valence-electron chi connectivity index (χ1n) is 11.2. The molecule has 1 aliphatic heterocycles. The van der Waals surface area contributed by atoms with Gasteiger partial charge >= 0.3 is 6.03 Å². The maximum absolute atomic E-state index is 13.6. The highest BCUT2D eigenvalue weighted by Crippen LogP contribution is 2.36. The maximum Gasteiger partial charge on any atom is 0.325 e. The van der Waals surface area contributed by atoms with Crippen LogP contribution in [0.4, 0.5) is 10.5 Å². The van der Waals surface area contributed by atoms with Gasteiger partial charge in [-0.25, -0.2) is 4.79 Å². The van der Waals surface area contributed by atoms with Gasteiger partial charge in [-0.15, -0.1) is 0 Å². The molecule has 3 rings (SSSR count). The normalized spacial score (nSPS) is 18.0. The van der Waals surface area contributed by atoms with Crippen molar-refractivity contribution in [3.63, 3.8) is 0 Å². The Morgan fingerprint density at radius 3 is 2.65 bits per heavy atom. The highest BCUT2D eigenvalue weighted by molar-refractivity contribution is 6.30. The second-order valence-corrected chi connectivity index (χ2v) is 8.81. The molecule has 0 aliphatic carbocycles. The summed E-state index contributed by atoms with van der Waals surface area (Å²) in [6, 6.07) is 16.3. The van der Waals surface area contributed by atoms with Gasteiger partial charge in [0.25, 0.3) is 0 Å². The van der Waals surface area contributed by atoms with Crippen molar-refractivity contribution in [1.29, 1.82) is 0 Å². The van der Waals surface area contributed by atoms with E-state index in [0.717, 1.165) is 37.2 Å². The first-order chi connectivity index (χ1) is 14.9. The van der Waals surface area contributed by atoms with Gasteiger partial charge in [0.05, 0.1) is 12.6 Å². The molecular weight excluding hydrogens is 406 g/mol. The molecule has 5 heteroatoms. The van der Waals surface area contributed by atoms with Crippen LogP contribution in [0.5, 0.6) is 0 Å². The van der Waals surface area contributed by atoms with E-state index >= 15 is 0 Å². The fourth-order valence-electron chi connectivity index (χ4n) is 4.14. The number of amides is 2. The van der Waals surface area contributed by atoms with Crippen molar-refractivity contribution in [3.05, 3.63) is 76.3 Å². The van der Waals surface area contributed by atoms with Crippen LogP contribution in [-0.4, -0.2) is 36.6 Å². The van der Waals surface area contributed by atoms with Gasteiger partial charge in [-0.2, -0.15) is 0 Å². The molecule has 31 heavy (non-hydrogen) atoms. The highest BCUT2D eigenvalue weighted by atomic mass is 35.5. The molecule has 1 N–H and O–H groups in total. The maximum atomic E-state index is 13.6. The standard InChI is InChI=1S/C26H34ClN3O/c1-5-19(3)17-28-15-14-23(6-2)30-25(21-8-7-9-22(27)16-21)18-29(26(30)31)24-12-10-20(4)11-13-24/h5,7-13,16,23,25,28H,6,14-15,17-18H2,1-4H3/b19-5+. The average molecular weight is 440 g/mol. The van der Waals surface area contributed by atoms with Gasteiger partial charge in [-0.3, -0.25) is 4.90 Å². The van der Waals surface area contributed by atoms with E-state index in [1.165, 1.54) is 11.1 Å². The van der Waals surface area contributed by atoms with Crippen LogP contribution >= 0.6 is 11.6 Å². The molecular formula is C26H34ClN3O. The number of halogens is 1. The summed E-state index contributed by atoms with van der Waals surface area (Å²) in [5, 5.41) is 4.21.